The summed E-state index contributed by atoms with van der Waals surface area (Å²) in [6, 6.07) is 0. The Morgan fingerprint density at radius 2 is 2.36 bits per heavy atom. The van der Waals surface area contributed by atoms with Gasteiger partial charge in [0.05, 0.1) is 18.2 Å². The van der Waals surface area contributed by atoms with E-state index in [0.29, 0.717) is 5.57 Å². The van der Waals surface area contributed by atoms with Gasteiger partial charge >= 0.3 is 0 Å². The van der Waals surface area contributed by atoms with Gasteiger partial charge in [0.25, 0.3) is 0 Å². The van der Waals surface area contributed by atoms with E-state index in [9.17, 15) is 4.79 Å². The summed E-state index contributed by atoms with van der Waals surface area (Å²) in [5.41, 5.74) is 7.42. The molecule has 0 fully saturated rings. The fourth-order valence-electron chi connectivity index (χ4n) is 1.03. The first-order valence-electron chi connectivity index (χ1n) is 4.28. The molecule has 0 saturated carbocycles. The molecule has 0 aliphatic rings. The maximum absolute atomic E-state index is 10.8. The molecule has 0 bridgehead atoms. The summed E-state index contributed by atoms with van der Waals surface area (Å²) in [6.45, 7) is 3.57. The first kappa shape index (κ1) is 10.2. The van der Waals surface area contributed by atoms with Gasteiger partial charge in [0, 0.05) is 5.57 Å². The molecule has 4 heteroatoms. The Hall–Kier alpha value is -1.84. The van der Waals surface area contributed by atoms with Crippen LogP contribution in [0.3, 0.4) is 0 Å². The fourth-order valence-corrected chi connectivity index (χ4v) is 1.03. The van der Waals surface area contributed by atoms with Gasteiger partial charge in [-0.25, -0.2) is 4.98 Å². The van der Waals surface area contributed by atoms with Gasteiger partial charge in [0.15, 0.2) is 0 Å². The van der Waals surface area contributed by atoms with Crippen molar-refractivity contribution >= 4 is 11.5 Å². The van der Waals surface area contributed by atoms with Gasteiger partial charge in [0.1, 0.15) is 0 Å². The first-order valence-corrected chi connectivity index (χ1v) is 4.28. The molecular weight excluding hydrogens is 178 g/mol. The minimum Gasteiger partial charge on any atom is -0.366 e. The van der Waals surface area contributed by atoms with Crippen LogP contribution in [0.2, 0.25) is 0 Å². The molecule has 1 heterocycles. The van der Waals surface area contributed by atoms with E-state index >= 15 is 0 Å². The number of aromatic amines is 1. The number of aromatic nitrogens is 2. The molecule has 1 rings (SSSR count). The number of nitrogens with zero attached hydrogens (tertiary/aromatic N) is 1. The van der Waals surface area contributed by atoms with Crippen molar-refractivity contribution in [1.82, 2.24) is 9.97 Å². The number of amides is 1. The van der Waals surface area contributed by atoms with Crippen molar-refractivity contribution in [2.75, 3.05) is 0 Å². The van der Waals surface area contributed by atoms with Gasteiger partial charge in [0.2, 0.25) is 5.91 Å². The summed E-state index contributed by atoms with van der Waals surface area (Å²) in [5.74, 6) is -0.413. The second-order valence-electron chi connectivity index (χ2n) is 2.90. The van der Waals surface area contributed by atoms with Crippen LogP contribution in [0.5, 0.6) is 0 Å². The van der Waals surface area contributed by atoms with E-state index in [2.05, 4.69) is 9.97 Å². The molecule has 0 aromatic carbocycles. The minimum absolute atomic E-state index is 0.413. The third-order valence-corrected chi connectivity index (χ3v) is 1.88. The highest BCUT2D eigenvalue weighted by atomic mass is 16.1. The Labute approximate surface area is 82.5 Å². The molecule has 1 amide bonds. The van der Waals surface area contributed by atoms with Crippen molar-refractivity contribution in [3.05, 3.63) is 35.9 Å². The number of nitrogens with two attached hydrogens (primary N) is 1. The third kappa shape index (κ3) is 2.32. The molecule has 0 aliphatic carbocycles. The van der Waals surface area contributed by atoms with Crippen molar-refractivity contribution in [2.45, 2.75) is 13.8 Å². The van der Waals surface area contributed by atoms with E-state index in [1.807, 2.05) is 13.0 Å². The number of primary amides is 1. The Balaban J connectivity index is 2.97. The number of imidazole rings is 1. The maximum Gasteiger partial charge on any atom is 0.244 e. The zero-order valence-corrected chi connectivity index (χ0v) is 8.24. The summed E-state index contributed by atoms with van der Waals surface area (Å²) in [4.78, 5) is 17.7. The molecule has 4 nitrogen and oxygen atoms in total. The summed E-state index contributed by atoms with van der Waals surface area (Å²) < 4.78 is 0. The third-order valence-electron chi connectivity index (χ3n) is 1.88. The average molecular weight is 191 g/mol. The molecule has 14 heavy (non-hydrogen) atoms. The first-order chi connectivity index (χ1) is 6.65. The number of carbonyl (C=O) groups is 1. The number of nitrogens with one attached hydrogen (secondary N) is 1. The van der Waals surface area contributed by atoms with E-state index in [1.165, 1.54) is 0 Å². The highest BCUT2D eigenvalue weighted by Gasteiger charge is 2.02. The smallest absolute Gasteiger partial charge is 0.244 e. The molecular formula is C10H13N3O. The lowest BCUT2D eigenvalue weighted by Crippen LogP contribution is -2.11. The second kappa shape index (κ2) is 4.41. The van der Waals surface area contributed by atoms with E-state index in [4.69, 9.17) is 5.73 Å². The normalized spacial score (nSPS) is 13.0. The number of carbonyl (C=O) groups excluding carboxylic acids is 1. The Morgan fingerprint density at radius 1 is 1.64 bits per heavy atom. The standard InChI is InChI=1S/C10H13N3O/c1-3-8(4-7(2)10(11)14)9-5-12-6-13-9/h3-6H,1-2H3,(H2,11,14)(H,12,13)/b7-4+,8-3+. The fraction of sp³-hybridized carbons (Fsp3) is 0.200. The molecule has 1 aromatic rings. The largest absolute Gasteiger partial charge is 0.366 e. The Kier molecular flexibility index (Phi) is 3.23. The van der Waals surface area contributed by atoms with Gasteiger partial charge in [-0.1, -0.05) is 6.08 Å². The summed E-state index contributed by atoms with van der Waals surface area (Å²) >= 11 is 0. The maximum atomic E-state index is 10.8. The van der Waals surface area contributed by atoms with Crippen LogP contribution in [0.25, 0.3) is 5.57 Å². The van der Waals surface area contributed by atoms with Crippen molar-refractivity contribution < 1.29 is 4.79 Å². The molecule has 0 atom stereocenters. The second-order valence-corrected chi connectivity index (χ2v) is 2.90. The van der Waals surface area contributed by atoms with Crippen LogP contribution >= 0.6 is 0 Å². The molecule has 0 radical (unpaired) electrons. The average Bonchev–Trinajstić information content (AvgIpc) is 2.66. The molecule has 74 valence electrons. The van der Waals surface area contributed by atoms with E-state index in [-0.39, 0.29) is 0 Å². The SMILES string of the molecule is C/C=C(\C=C(/C)C(N)=O)c1cnc[nH]1. The van der Waals surface area contributed by atoms with Gasteiger partial charge in [-0.2, -0.15) is 0 Å². The zero-order chi connectivity index (χ0) is 10.6. The minimum atomic E-state index is -0.413. The van der Waals surface area contributed by atoms with E-state index < -0.39 is 5.91 Å². The lowest BCUT2D eigenvalue weighted by Gasteiger charge is -1.99. The lowest BCUT2D eigenvalue weighted by atomic mass is 10.1. The van der Waals surface area contributed by atoms with Gasteiger partial charge in [-0.15, -0.1) is 0 Å². The van der Waals surface area contributed by atoms with E-state index in [0.717, 1.165) is 11.3 Å². The summed E-state index contributed by atoms with van der Waals surface area (Å²) in [7, 11) is 0. The van der Waals surface area contributed by atoms with Crippen LogP contribution in [0.4, 0.5) is 0 Å². The number of hydrogen-bond donors (Lipinski definition) is 2. The van der Waals surface area contributed by atoms with Crippen molar-refractivity contribution in [3.8, 4) is 0 Å². The van der Waals surface area contributed by atoms with Crippen molar-refractivity contribution in [2.24, 2.45) is 5.73 Å². The quantitative estimate of drug-likeness (QED) is 0.557. The zero-order valence-electron chi connectivity index (χ0n) is 8.24. The Bertz CT molecular complexity index is 374. The molecule has 0 spiro atoms. The van der Waals surface area contributed by atoms with Crippen LogP contribution in [-0.4, -0.2) is 15.9 Å². The van der Waals surface area contributed by atoms with E-state index in [1.54, 1.807) is 25.5 Å². The highest BCUT2D eigenvalue weighted by molar-refractivity contribution is 5.94. The Morgan fingerprint density at radius 3 is 2.79 bits per heavy atom. The van der Waals surface area contributed by atoms with Crippen molar-refractivity contribution in [3.63, 3.8) is 0 Å². The molecule has 0 aliphatic heterocycles. The molecule has 3 N–H and O–H groups in total. The number of hydrogen-bond acceptors (Lipinski definition) is 2. The topological polar surface area (TPSA) is 71.8 Å². The van der Waals surface area contributed by atoms with Crippen LogP contribution in [0.1, 0.15) is 19.5 Å². The predicted octanol–water partition coefficient (Wildman–Crippen LogP) is 1.24. The molecule has 0 saturated heterocycles. The summed E-state index contributed by atoms with van der Waals surface area (Å²) in [5, 5.41) is 0. The number of H-pyrrole nitrogens is 1. The molecule has 0 unspecified atom stereocenters. The lowest BCUT2D eigenvalue weighted by molar-refractivity contribution is -0.114. The van der Waals surface area contributed by atoms with Gasteiger partial charge in [-0.3, -0.25) is 4.79 Å². The molecule has 1 aromatic heterocycles. The van der Waals surface area contributed by atoms with Crippen LogP contribution in [0.15, 0.2) is 30.2 Å². The van der Waals surface area contributed by atoms with Gasteiger partial charge in [-0.05, 0) is 25.5 Å². The van der Waals surface area contributed by atoms with Crippen LogP contribution < -0.4 is 5.73 Å². The highest BCUT2D eigenvalue weighted by Crippen LogP contribution is 2.13. The number of rotatable bonds is 3. The van der Waals surface area contributed by atoms with Crippen molar-refractivity contribution in [1.29, 1.82) is 0 Å². The summed E-state index contributed by atoms with van der Waals surface area (Å²) in [6.07, 6.45) is 6.90. The van der Waals surface area contributed by atoms with Crippen LogP contribution in [0, 0.1) is 0 Å². The predicted molar refractivity (Wildman–Crippen MR) is 55.2 cm³/mol. The number of allylic oxidation sites excluding steroid dienone is 3. The van der Waals surface area contributed by atoms with Crippen LogP contribution in [-0.2, 0) is 4.79 Å². The van der Waals surface area contributed by atoms with Gasteiger partial charge < -0.3 is 10.7 Å². The monoisotopic (exact) mass is 191 g/mol.